The zero-order valence-corrected chi connectivity index (χ0v) is 26.8. The van der Waals surface area contributed by atoms with E-state index in [4.69, 9.17) is 15.6 Å². The van der Waals surface area contributed by atoms with Gasteiger partial charge in [0.15, 0.2) is 5.82 Å². The van der Waals surface area contributed by atoms with Gasteiger partial charge in [-0.3, -0.25) is 9.36 Å². The van der Waals surface area contributed by atoms with Crippen molar-refractivity contribution in [3.05, 3.63) is 94.9 Å². The van der Waals surface area contributed by atoms with E-state index >= 15 is 0 Å². The number of piperazine rings is 1. The van der Waals surface area contributed by atoms with Gasteiger partial charge in [0.05, 0.1) is 17.3 Å². The Labute approximate surface area is 267 Å². The van der Waals surface area contributed by atoms with Crippen LogP contribution in [0.3, 0.4) is 0 Å². The second-order valence-corrected chi connectivity index (χ2v) is 12.5. The molecule has 5 aromatic rings. The van der Waals surface area contributed by atoms with E-state index in [1.807, 2.05) is 95.3 Å². The summed E-state index contributed by atoms with van der Waals surface area (Å²) in [6, 6.07) is 19.0. The van der Waals surface area contributed by atoms with Crippen molar-refractivity contribution >= 4 is 28.9 Å². The molecular weight excluding hydrogens is 582 g/mol. The Morgan fingerprint density at radius 2 is 1.65 bits per heavy atom. The molecule has 0 spiro atoms. The van der Waals surface area contributed by atoms with Gasteiger partial charge >= 0.3 is 6.09 Å². The van der Waals surface area contributed by atoms with Crippen LogP contribution < -0.4 is 21.5 Å². The van der Waals surface area contributed by atoms with Crippen LogP contribution in [0.4, 0.5) is 22.1 Å². The molecule has 1 fully saturated rings. The highest BCUT2D eigenvalue weighted by molar-refractivity contribution is 5.84. The minimum atomic E-state index is -0.521. The van der Waals surface area contributed by atoms with Crippen molar-refractivity contribution < 1.29 is 9.53 Å². The summed E-state index contributed by atoms with van der Waals surface area (Å²) in [6.45, 7) is 12.0. The molecule has 1 saturated heterocycles. The first-order valence-electron chi connectivity index (χ1n) is 15.4. The Balaban J connectivity index is 1.26. The third kappa shape index (κ3) is 6.10. The van der Waals surface area contributed by atoms with Gasteiger partial charge in [0, 0.05) is 38.1 Å². The third-order valence-corrected chi connectivity index (χ3v) is 8.00. The summed E-state index contributed by atoms with van der Waals surface area (Å²) in [5.74, 6) is 1.37. The lowest BCUT2D eigenvalue weighted by Gasteiger charge is -2.36. The van der Waals surface area contributed by atoms with Crippen molar-refractivity contribution in [1.29, 1.82) is 0 Å². The number of fused-ring (bicyclic) bond motifs is 1. The number of para-hydroxylation sites is 1. The van der Waals surface area contributed by atoms with Crippen LogP contribution in [0.25, 0.3) is 22.3 Å². The smallest absolute Gasteiger partial charge is 0.410 e. The minimum Gasteiger partial charge on any atom is -0.444 e. The van der Waals surface area contributed by atoms with Crippen LogP contribution in [0.1, 0.15) is 45.1 Å². The summed E-state index contributed by atoms with van der Waals surface area (Å²) in [7, 11) is 0. The SMILES string of the molecule is Cc1ccn2nc(C(C)Nc3ncnc(N)c3-c3ccc(N4CCN(C(=O)OC(C)(C)C)CC4)cc3)n(-c3ccccc3)c(=O)c12. The lowest BCUT2D eigenvalue weighted by molar-refractivity contribution is 0.0240. The largest absolute Gasteiger partial charge is 0.444 e. The summed E-state index contributed by atoms with van der Waals surface area (Å²) in [4.78, 5) is 39.1. The quantitative estimate of drug-likeness (QED) is 0.267. The maximum atomic E-state index is 13.8. The molecule has 46 heavy (non-hydrogen) atoms. The molecule has 0 aliphatic carbocycles. The van der Waals surface area contributed by atoms with Crippen LogP contribution in [0, 0.1) is 6.92 Å². The number of nitrogens with two attached hydrogens (primary N) is 1. The van der Waals surface area contributed by atoms with E-state index in [2.05, 4.69) is 20.2 Å². The molecule has 1 aliphatic heterocycles. The maximum absolute atomic E-state index is 13.8. The number of nitrogen functional groups attached to an aromatic ring is 1. The predicted molar refractivity (Wildman–Crippen MR) is 179 cm³/mol. The number of benzene rings is 2. The molecule has 2 aromatic carbocycles. The zero-order valence-electron chi connectivity index (χ0n) is 26.8. The van der Waals surface area contributed by atoms with Crippen LogP contribution >= 0.6 is 0 Å². The van der Waals surface area contributed by atoms with E-state index in [0.717, 1.165) is 22.5 Å². The summed E-state index contributed by atoms with van der Waals surface area (Å²) in [5.41, 5.74) is 10.4. The number of hydrogen-bond donors (Lipinski definition) is 2. The number of anilines is 3. The van der Waals surface area contributed by atoms with Crippen molar-refractivity contribution in [1.82, 2.24) is 29.0 Å². The van der Waals surface area contributed by atoms with Gasteiger partial charge in [-0.25, -0.2) is 19.3 Å². The molecule has 0 saturated carbocycles. The maximum Gasteiger partial charge on any atom is 0.410 e. The number of amides is 1. The number of aromatic nitrogens is 5. The number of ether oxygens (including phenoxy) is 1. The molecule has 0 bridgehead atoms. The van der Waals surface area contributed by atoms with Gasteiger partial charge in [-0.2, -0.15) is 5.10 Å². The molecule has 12 heteroatoms. The van der Waals surface area contributed by atoms with E-state index in [1.54, 1.807) is 20.2 Å². The molecule has 1 amide bonds. The number of rotatable bonds is 6. The van der Waals surface area contributed by atoms with E-state index in [9.17, 15) is 9.59 Å². The summed E-state index contributed by atoms with van der Waals surface area (Å²) in [6.07, 6.45) is 2.93. The molecule has 1 unspecified atom stereocenters. The van der Waals surface area contributed by atoms with Crippen molar-refractivity contribution in [2.45, 2.75) is 46.3 Å². The third-order valence-electron chi connectivity index (χ3n) is 8.00. The van der Waals surface area contributed by atoms with Crippen molar-refractivity contribution in [3.63, 3.8) is 0 Å². The Kier molecular flexibility index (Phi) is 8.11. The van der Waals surface area contributed by atoms with Gasteiger partial charge in [0.2, 0.25) is 0 Å². The molecule has 1 atom stereocenters. The predicted octanol–water partition coefficient (Wildman–Crippen LogP) is 5.06. The number of carbonyl (C=O) groups is 1. The summed E-state index contributed by atoms with van der Waals surface area (Å²) in [5, 5.41) is 8.31. The average molecular weight is 622 g/mol. The number of nitrogens with zero attached hydrogens (tertiary/aromatic N) is 7. The first-order chi connectivity index (χ1) is 22.0. The van der Waals surface area contributed by atoms with Gasteiger partial charge in [-0.1, -0.05) is 30.3 Å². The number of carbonyl (C=O) groups excluding carboxylic acids is 1. The molecule has 3 aromatic heterocycles. The average Bonchev–Trinajstić information content (AvgIpc) is 3.41. The number of nitrogens with one attached hydrogen (secondary N) is 1. The van der Waals surface area contributed by atoms with Crippen LogP contribution in [0.2, 0.25) is 0 Å². The van der Waals surface area contributed by atoms with Crippen LogP contribution in [0.15, 0.2) is 78.0 Å². The van der Waals surface area contributed by atoms with E-state index in [1.165, 1.54) is 6.33 Å². The van der Waals surface area contributed by atoms with Gasteiger partial charge in [0.1, 0.15) is 29.1 Å². The Morgan fingerprint density at radius 1 is 0.957 bits per heavy atom. The molecule has 12 nitrogen and oxygen atoms in total. The zero-order chi connectivity index (χ0) is 32.6. The molecule has 4 heterocycles. The van der Waals surface area contributed by atoms with Gasteiger partial charge in [0.25, 0.3) is 5.56 Å². The van der Waals surface area contributed by atoms with Gasteiger partial charge < -0.3 is 25.6 Å². The number of hydrogen-bond acceptors (Lipinski definition) is 9. The first-order valence-corrected chi connectivity index (χ1v) is 15.4. The second kappa shape index (κ2) is 12.2. The highest BCUT2D eigenvalue weighted by Crippen LogP contribution is 2.34. The lowest BCUT2D eigenvalue weighted by atomic mass is 10.1. The summed E-state index contributed by atoms with van der Waals surface area (Å²) < 4.78 is 8.80. The second-order valence-electron chi connectivity index (χ2n) is 12.5. The monoisotopic (exact) mass is 621 g/mol. The minimum absolute atomic E-state index is 0.155. The highest BCUT2D eigenvalue weighted by Gasteiger charge is 2.26. The van der Waals surface area contributed by atoms with Crippen LogP contribution in [0.5, 0.6) is 0 Å². The molecule has 0 radical (unpaired) electrons. The number of aryl methyl sites for hydroxylation is 1. The Morgan fingerprint density at radius 3 is 2.33 bits per heavy atom. The topological polar surface area (TPSA) is 136 Å². The van der Waals surface area contributed by atoms with Crippen molar-refractivity contribution in [3.8, 4) is 16.8 Å². The van der Waals surface area contributed by atoms with Crippen molar-refractivity contribution in [2.75, 3.05) is 42.1 Å². The Hall–Kier alpha value is -5.39. The fourth-order valence-electron chi connectivity index (χ4n) is 5.71. The fourth-order valence-corrected chi connectivity index (χ4v) is 5.71. The van der Waals surface area contributed by atoms with Gasteiger partial charge in [-0.15, -0.1) is 0 Å². The van der Waals surface area contributed by atoms with E-state index in [0.29, 0.717) is 54.7 Å². The molecular formula is C34H39N9O3. The van der Waals surface area contributed by atoms with E-state index < -0.39 is 11.6 Å². The van der Waals surface area contributed by atoms with E-state index in [-0.39, 0.29) is 11.7 Å². The summed E-state index contributed by atoms with van der Waals surface area (Å²) >= 11 is 0. The first kappa shape index (κ1) is 30.6. The fraction of sp³-hybridized carbons (Fsp3) is 0.324. The molecule has 3 N–H and O–H groups in total. The molecule has 238 valence electrons. The van der Waals surface area contributed by atoms with Crippen molar-refractivity contribution in [2.24, 2.45) is 0 Å². The molecule has 1 aliphatic rings. The standard InChI is InChI=1S/C34H39N9O3/c1-22-15-16-42-28(22)32(44)43(26-9-7-6-8-10-26)31(39-42)23(2)38-30-27(29(35)36-21-37-30)24-11-13-25(14-12-24)40-17-19-41(20-18-40)33(45)46-34(3,4)5/h6-16,21,23H,17-20H2,1-5H3,(H3,35,36,37,38). The van der Waals surface area contributed by atoms with Crippen LogP contribution in [-0.2, 0) is 4.74 Å². The normalized spacial score (nSPS) is 14.4. The van der Waals surface area contributed by atoms with Crippen LogP contribution in [-0.4, -0.2) is 66.9 Å². The highest BCUT2D eigenvalue weighted by atomic mass is 16.6. The van der Waals surface area contributed by atoms with Gasteiger partial charge in [-0.05, 0) is 76.1 Å². The lowest BCUT2D eigenvalue weighted by Crippen LogP contribution is -2.50. The molecule has 6 rings (SSSR count). The Bertz CT molecular complexity index is 1920.